The number of morpholine rings is 1. The summed E-state index contributed by atoms with van der Waals surface area (Å²) in [6.45, 7) is 10.5. The molecule has 1 fully saturated rings. The van der Waals surface area contributed by atoms with Gasteiger partial charge in [-0.1, -0.05) is 48.0 Å². The number of rotatable bonds is 8. The van der Waals surface area contributed by atoms with Gasteiger partial charge >= 0.3 is 0 Å². The molecule has 0 aliphatic carbocycles. The Morgan fingerprint density at radius 1 is 1.03 bits per heavy atom. The molecule has 3 aromatic rings. The smallest absolute Gasteiger partial charge is 0.264 e. The van der Waals surface area contributed by atoms with E-state index in [1.807, 2.05) is 17.5 Å². The van der Waals surface area contributed by atoms with Crippen molar-refractivity contribution in [2.45, 2.75) is 33.2 Å². The number of nitrogens with zero attached hydrogens (tertiary/aromatic N) is 4. The summed E-state index contributed by atoms with van der Waals surface area (Å²) >= 11 is 1.40. The number of carbonyl (C=O) groups is 2. The van der Waals surface area contributed by atoms with Gasteiger partial charge in [-0.05, 0) is 60.5 Å². The molecule has 2 amide bonds. The lowest BCUT2D eigenvalue weighted by molar-refractivity contribution is -0.133. The van der Waals surface area contributed by atoms with Crippen LogP contribution < -0.4 is 0 Å². The molecule has 0 unspecified atom stereocenters. The van der Waals surface area contributed by atoms with Crippen molar-refractivity contribution >= 4 is 28.9 Å². The highest BCUT2D eigenvalue weighted by atomic mass is 32.1. The Bertz CT molecular complexity index is 1330. The Hall–Kier alpha value is -3.33. The third-order valence-electron chi connectivity index (χ3n) is 7.60. The lowest BCUT2D eigenvalue weighted by atomic mass is 9.96. The SMILES string of the molecule is Cc1ccc([C@H]2CC(c3ccc(C)c(C)c3)=NN2C(=O)CN(CCN2CCOCC2)C(=O)c2cccs2)cc1. The molecule has 2 aromatic carbocycles. The Labute approximate surface area is 234 Å². The van der Waals surface area contributed by atoms with E-state index in [9.17, 15) is 9.59 Å². The molecular formula is C31H36N4O3S. The summed E-state index contributed by atoms with van der Waals surface area (Å²) < 4.78 is 5.47. The van der Waals surface area contributed by atoms with Crippen LogP contribution >= 0.6 is 11.3 Å². The highest BCUT2D eigenvalue weighted by Gasteiger charge is 2.35. The van der Waals surface area contributed by atoms with Gasteiger partial charge in [-0.15, -0.1) is 11.3 Å². The monoisotopic (exact) mass is 544 g/mol. The zero-order valence-electron chi connectivity index (χ0n) is 22.9. The summed E-state index contributed by atoms with van der Waals surface area (Å²) in [6, 6.07) is 18.1. The number of ether oxygens (including phenoxy) is 1. The number of amides is 2. The predicted octanol–water partition coefficient (Wildman–Crippen LogP) is 4.83. The Morgan fingerprint density at radius 3 is 2.49 bits per heavy atom. The molecule has 39 heavy (non-hydrogen) atoms. The van der Waals surface area contributed by atoms with Crippen LogP contribution in [0, 0.1) is 20.8 Å². The molecule has 1 saturated heterocycles. The van der Waals surface area contributed by atoms with Gasteiger partial charge in [0.1, 0.15) is 6.54 Å². The van der Waals surface area contributed by atoms with Gasteiger partial charge in [0.2, 0.25) is 0 Å². The summed E-state index contributed by atoms with van der Waals surface area (Å²) in [4.78, 5) is 32.0. The summed E-state index contributed by atoms with van der Waals surface area (Å²) in [6.07, 6.45) is 0.629. The molecule has 1 aromatic heterocycles. The van der Waals surface area contributed by atoms with E-state index in [2.05, 4.69) is 68.1 Å². The summed E-state index contributed by atoms with van der Waals surface area (Å²) in [5, 5.41) is 8.37. The third kappa shape index (κ3) is 6.46. The van der Waals surface area contributed by atoms with E-state index in [0.29, 0.717) is 37.6 Å². The largest absolute Gasteiger partial charge is 0.379 e. The highest BCUT2D eigenvalue weighted by Crippen LogP contribution is 2.33. The van der Waals surface area contributed by atoms with E-state index >= 15 is 0 Å². The molecule has 0 spiro atoms. The number of benzene rings is 2. The zero-order valence-corrected chi connectivity index (χ0v) is 23.7. The van der Waals surface area contributed by atoms with Crippen molar-refractivity contribution in [2.75, 3.05) is 45.9 Å². The van der Waals surface area contributed by atoms with E-state index in [1.54, 1.807) is 9.91 Å². The average molecular weight is 545 g/mol. The summed E-state index contributed by atoms with van der Waals surface area (Å²) in [7, 11) is 0. The third-order valence-corrected chi connectivity index (χ3v) is 8.46. The molecule has 7 nitrogen and oxygen atoms in total. The van der Waals surface area contributed by atoms with Crippen molar-refractivity contribution in [2.24, 2.45) is 5.10 Å². The van der Waals surface area contributed by atoms with Crippen molar-refractivity contribution < 1.29 is 14.3 Å². The molecule has 204 valence electrons. The minimum absolute atomic E-state index is 0.0207. The first-order valence-electron chi connectivity index (χ1n) is 13.6. The van der Waals surface area contributed by atoms with E-state index < -0.39 is 0 Å². The van der Waals surface area contributed by atoms with Crippen molar-refractivity contribution in [1.82, 2.24) is 14.8 Å². The average Bonchev–Trinajstić information content (AvgIpc) is 3.64. The van der Waals surface area contributed by atoms with Gasteiger partial charge in [0.25, 0.3) is 11.8 Å². The lowest BCUT2D eigenvalue weighted by Gasteiger charge is -2.31. The first kappa shape index (κ1) is 27.2. The summed E-state index contributed by atoms with van der Waals surface area (Å²) in [5.74, 6) is -0.289. The predicted molar refractivity (Wildman–Crippen MR) is 155 cm³/mol. The minimum atomic E-state index is -0.215. The number of carbonyl (C=O) groups excluding carboxylic acids is 2. The Morgan fingerprint density at radius 2 is 1.79 bits per heavy atom. The highest BCUT2D eigenvalue weighted by molar-refractivity contribution is 7.12. The van der Waals surface area contributed by atoms with Crippen LogP contribution in [0.15, 0.2) is 65.1 Å². The minimum Gasteiger partial charge on any atom is -0.379 e. The maximum absolute atomic E-state index is 13.9. The van der Waals surface area contributed by atoms with Crippen LogP contribution in [0.4, 0.5) is 0 Å². The van der Waals surface area contributed by atoms with Crippen molar-refractivity contribution in [3.8, 4) is 0 Å². The van der Waals surface area contributed by atoms with E-state index in [0.717, 1.165) is 29.9 Å². The first-order chi connectivity index (χ1) is 18.9. The fourth-order valence-electron chi connectivity index (χ4n) is 5.02. The van der Waals surface area contributed by atoms with Crippen LogP contribution in [0.25, 0.3) is 0 Å². The van der Waals surface area contributed by atoms with Crippen LogP contribution in [-0.2, 0) is 9.53 Å². The molecule has 0 radical (unpaired) electrons. The van der Waals surface area contributed by atoms with Crippen LogP contribution in [-0.4, -0.2) is 78.3 Å². The molecular weight excluding hydrogens is 508 g/mol. The second-order valence-corrected chi connectivity index (χ2v) is 11.3. The maximum Gasteiger partial charge on any atom is 0.264 e. The summed E-state index contributed by atoms with van der Waals surface area (Å²) in [5.41, 5.74) is 6.55. The standard InChI is InChI=1S/C31H36N4O3S/c1-22-6-9-25(10-7-22)28-20-27(26-11-8-23(2)24(3)19-26)32-35(28)30(36)21-34(31(37)29-5-4-18-39-29)13-12-33-14-16-38-17-15-33/h4-11,18-19,28H,12-17,20-21H2,1-3H3/t28-/m1/s1. The molecule has 1 atom stereocenters. The van der Waals surface area contributed by atoms with Gasteiger partial charge in [-0.25, -0.2) is 5.01 Å². The van der Waals surface area contributed by atoms with Gasteiger partial charge in [-0.3, -0.25) is 14.5 Å². The van der Waals surface area contributed by atoms with E-state index in [4.69, 9.17) is 9.84 Å². The van der Waals surface area contributed by atoms with Crippen LogP contribution in [0.3, 0.4) is 0 Å². The Kier molecular flexibility index (Phi) is 8.55. The Balaban J connectivity index is 1.40. The zero-order chi connectivity index (χ0) is 27.4. The van der Waals surface area contributed by atoms with Crippen molar-refractivity contribution in [3.63, 3.8) is 0 Å². The molecule has 2 aliphatic heterocycles. The molecule has 3 heterocycles. The van der Waals surface area contributed by atoms with Crippen molar-refractivity contribution in [3.05, 3.63) is 92.7 Å². The van der Waals surface area contributed by atoms with Crippen LogP contribution in [0.2, 0.25) is 0 Å². The lowest BCUT2D eigenvalue weighted by Crippen LogP contribution is -2.46. The van der Waals surface area contributed by atoms with E-state index in [-0.39, 0.29) is 24.4 Å². The molecule has 8 heteroatoms. The van der Waals surface area contributed by atoms with Gasteiger partial charge in [0.05, 0.1) is 29.8 Å². The molecule has 2 aliphatic rings. The maximum atomic E-state index is 13.9. The topological polar surface area (TPSA) is 65.5 Å². The number of hydrogen-bond donors (Lipinski definition) is 0. The normalized spacial score (nSPS) is 17.8. The number of aryl methyl sites for hydroxylation is 3. The fourth-order valence-corrected chi connectivity index (χ4v) is 5.71. The molecule has 5 rings (SSSR count). The number of thiophene rings is 1. The molecule has 0 N–H and O–H groups in total. The van der Waals surface area contributed by atoms with Crippen LogP contribution in [0.1, 0.15) is 50.0 Å². The quantitative estimate of drug-likeness (QED) is 0.408. The van der Waals surface area contributed by atoms with Crippen LogP contribution in [0.5, 0.6) is 0 Å². The number of hydrogen-bond acceptors (Lipinski definition) is 6. The number of hydrazone groups is 1. The first-order valence-corrected chi connectivity index (χ1v) is 14.4. The fraction of sp³-hybridized carbons (Fsp3) is 0.387. The van der Waals surface area contributed by atoms with Gasteiger partial charge in [-0.2, -0.15) is 5.10 Å². The van der Waals surface area contributed by atoms with Gasteiger partial charge in [0, 0.05) is 32.6 Å². The second-order valence-electron chi connectivity index (χ2n) is 10.4. The van der Waals surface area contributed by atoms with Gasteiger partial charge in [0.15, 0.2) is 0 Å². The van der Waals surface area contributed by atoms with E-state index in [1.165, 1.54) is 28.0 Å². The molecule has 0 saturated carbocycles. The molecule has 0 bridgehead atoms. The van der Waals surface area contributed by atoms with Crippen molar-refractivity contribution in [1.29, 1.82) is 0 Å². The second kappa shape index (κ2) is 12.2. The van der Waals surface area contributed by atoms with Gasteiger partial charge < -0.3 is 9.64 Å².